The Kier molecular flexibility index (Phi) is 4.38. The van der Waals surface area contributed by atoms with Gasteiger partial charge >= 0.3 is 0 Å². The number of likely N-dealkylation sites (N-methyl/N-ethyl adjacent to an activating group) is 1. The molecule has 0 saturated heterocycles. The summed E-state index contributed by atoms with van der Waals surface area (Å²) in [5.74, 6) is -0.242. The van der Waals surface area contributed by atoms with Crippen LogP contribution in [0.4, 0.5) is 5.69 Å². The van der Waals surface area contributed by atoms with E-state index in [0.717, 1.165) is 16.5 Å². The molecule has 1 aliphatic heterocycles. The molecule has 6 heteroatoms. The predicted molar refractivity (Wildman–Crippen MR) is 111 cm³/mol. The van der Waals surface area contributed by atoms with E-state index in [4.69, 9.17) is 0 Å². The third kappa shape index (κ3) is 2.94. The summed E-state index contributed by atoms with van der Waals surface area (Å²) in [6.07, 6.45) is 0. The van der Waals surface area contributed by atoms with Gasteiger partial charge in [-0.25, -0.2) is 8.42 Å². The van der Waals surface area contributed by atoms with Gasteiger partial charge in [0.05, 0.1) is 10.6 Å². The van der Waals surface area contributed by atoms with Crippen LogP contribution >= 0.6 is 0 Å². The molecule has 0 bridgehead atoms. The van der Waals surface area contributed by atoms with Crippen LogP contribution in [0.15, 0.2) is 59.5 Å². The van der Waals surface area contributed by atoms with Gasteiger partial charge in [-0.05, 0) is 42.5 Å². The van der Waals surface area contributed by atoms with Crippen molar-refractivity contribution in [2.75, 3.05) is 17.9 Å². The van der Waals surface area contributed by atoms with Crippen molar-refractivity contribution in [1.82, 2.24) is 4.90 Å². The SMILES string of the molecule is Cc1ccc(CN(C)C(=O)CN2c3cccc4cccc(c34)S2(=O)=O)c(C)c1. The van der Waals surface area contributed by atoms with Crippen LogP contribution in [0, 0.1) is 13.8 Å². The van der Waals surface area contributed by atoms with E-state index in [-0.39, 0.29) is 17.3 Å². The quantitative estimate of drug-likeness (QED) is 0.679. The summed E-state index contributed by atoms with van der Waals surface area (Å²) in [6.45, 7) is 4.28. The van der Waals surface area contributed by atoms with Crippen molar-refractivity contribution in [3.05, 3.63) is 71.3 Å². The molecule has 3 aromatic rings. The minimum absolute atomic E-state index is 0.211. The predicted octanol–water partition coefficient (Wildman–Crippen LogP) is 3.62. The van der Waals surface area contributed by atoms with E-state index in [1.165, 1.54) is 9.87 Å². The van der Waals surface area contributed by atoms with Crippen LogP contribution in [0.1, 0.15) is 16.7 Å². The topological polar surface area (TPSA) is 57.7 Å². The molecule has 144 valence electrons. The Morgan fingerprint density at radius 1 is 1.04 bits per heavy atom. The fourth-order valence-corrected chi connectivity index (χ4v) is 5.40. The minimum Gasteiger partial charge on any atom is -0.340 e. The van der Waals surface area contributed by atoms with Crippen LogP contribution in [0.2, 0.25) is 0 Å². The van der Waals surface area contributed by atoms with Crippen molar-refractivity contribution < 1.29 is 13.2 Å². The number of anilines is 1. The summed E-state index contributed by atoms with van der Waals surface area (Å²) in [5.41, 5.74) is 3.91. The highest BCUT2D eigenvalue weighted by atomic mass is 32.2. The number of amides is 1. The number of sulfonamides is 1. The lowest BCUT2D eigenvalue weighted by Gasteiger charge is -2.23. The first-order chi connectivity index (χ1) is 13.3. The molecular formula is C22H22N2O3S. The maximum Gasteiger partial charge on any atom is 0.265 e. The Balaban J connectivity index is 1.61. The molecule has 0 radical (unpaired) electrons. The smallest absolute Gasteiger partial charge is 0.265 e. The van der Waals surface area contributed by atoms with Crippen LogP contribution in [-0.2, 0) is 21.4 Å². The van der Waals surface area contributed by atoms with Crippen LogP contribution in [-0.4, -0.2) is 32.8 Å². The molecule has 0 saturated carbocycles. The second-order valence-corrected chi connectivity index (χ2v) is 9.15. The van der Waals surface area contributed by atoms with Crippen LogP contribution in [0.25, 0.3) is 10.8 Å². The minimum atomic E-state index is -3.73. The number of aryl methyl sites for hydroxylation is 2. The number of carbonyl (C=O) groups excluding carboxylic acids is 1. The molecule has 1 amide bonds. The van der Waals surface area contributed by atoms with E-state index < -0.39 is 10.0 Å². The second kappa shape index (κ2) is 6.63. The Morgan fingerprint density at radius 3 is 2.46 bits per heavy atom. The van der Waals surface area contributed by atoms with Crippen molar-refractivity contribution in [3.63, 3.8) is 0 Å². The maximum absolute atomic E-state index is 13.0. The van der Waals surface area contributed by atoms with Gasteiger partial charge in [0.1, 0.15) is 6.54 Å². The Labute approximate surface area is 165 Å². The molecule has 0 aliphatic carbocycles. The first kappa shape index (κ1) is 18.5. The molecule has 1 heterocycles. The van der Waals surface area contributed by atoms with Gasteiger partial charge < -0.3 is 4.90 Å². The molecule has 1 aliphatic rings. The van der Waals surface area contributed by atoms with Crippen molar-refractivity contribution >= 4 is 32.4 Å². The van der Waals surface area contributed by atoms with Crippen molar-refractivity contribution in [3.8, 4) is 0 Å². The van der Waals surface area contributed by atoms with Gasteiger partial charge in [-0.1, -0.05) is 48.0 Å². The van der Waals surface area contributed by atoms with Gasteiger partial charge in [-0.3, -0.25) is 9.10 Å². The lowest BCUT2D eigenvalue weighted by atomic mass is 10.1. The molecule has 0 spiro atoms. The Bertz CT molecular complexity index is 1200. The Morgan fingerprint density at radius 2 is 1.75 bits per heavy atom. The van der Waals surface area contributed by atoms with Crippen LogP contribution < -0.4 is 4.31 Å². The summed E-state index contributed by atoms with van der Waals surface area (Å²) in [6, 6.07) is 16.8. The van der Waals surface area contributed by atoms with Crippen LogP contribution in [0.5, 0.6) is 0 Å². The molecule has 5 nitrogen and oxygen atoms in total. The molecule has 0 N–H and O–H groups in total. The first-order valence-electron chi connectivity index (χ1n) is 9.13. The molecule has 4 rings (SSSR count). The number of hydrogen-bond acceptors (Lipinski definition) is 3. The van der Waals surface area contributed by atoms with Gasteiger partial charge in [0.15, 0.2) is 0 Å². The zero-order valence-corrected chi connectivity index (χ0v) is 17.0. The number of carbonyl (C=O) groups is 1. The monoisotopic (exact) mass is 394 g/mol. The van der Waals surface area contributed by atoms with Crippen molar-refractivity contribution in [1.29, 1.82) is 0 Å². The number of hydrogen-bond donors (Lipinski definition) is 0. The van der Waals surface area contributed by atoms with Crippen LogP contribution in [0.3, 0.4) is 0 Å². The fraction of sp³-hybridized carbons (Fsp3) is 0.227. The zero-order valence-electron chi connectivity index (χ0n) is 16.1. The average Bonchev–Trinajstić information content (AvgIpc) is 2.87. The summed E-state index contributed by atoms with van der Waals surface area (Å²) >= 11 is 0. The largest absolute Gasteiger partial charge is 0.340 e. The molecular weight excluding hydrogens is 372 g/mol. The number of benzene rings is 3. The standard InChI is InChI=1S/C22H22N2O3S/c1-15-10-11-18(16(2)12-15)13-23(3)21(25)14-24-19-8-4-6-17-7-5-9-20(22(17)19)28(24,26)27/h4-12H,13-14H2,1-3H3. The third-order valence-electron chi connectivity index (χ3n) is 5.29. The molecule has 0 unspecified atom stereocenters. The summed E-state index contributed by atoms with van der Waals surface area (Å²) in [7, 11) is -2.02. The van der Waals surface area contributed by atoms with Gasteiger partial charge in [0.2, 0.25) is 5.91 Å². The highest BCUT2D eigenvalue weighted by molar-refractivity contribution is 7.93. The second-order valence-electron chi connectivity index (χ2n) is 7.32. The van der Waals surface area contributed by atoms with Gasteiger partial charge in [-0.15, -0.1) is 0 Å². The highest BCUT2D eigenvalue weighted by Crippen LogP contribution is 2.41. The number of rotatable bonds is 4. The van der Waals surface area contributed by atoms with Crippen molar-refractivity contribution in [2.45, 2.75) is 25.3 Å². The molecule has 28 heavy (non-hydrogen) atoms. The fourth-order valence-electron chi connectivity index (χ4n) is 3.74. The van der Waals surface area contributed by atoms with E-state index >= 15 is 0 Å². The van der Waals surface area contributed by atoms with Crippen molar-refractivity contribution in [2.24, 2.45) is 0 Å². The molecule has 0 atom stereocenters. The first-order valence-corrected chi connectivity index (χ1v) is 10.6. The van der Waals surface area contributed by atoms with E-state index in [0.29, 0.717) is 17.6 Å². The maximum atomic E-state index is 13.0. The van der Waals surface area contributed by atoms with E-state index in [2.05, 4.69) is 6.07 Å². The van der Waals surface area contributed by atoms with Gasteiger partial charge in [-0.2, -0.15) is 0 Å². The molecule has 0 fully saturated rings. The normalized spacial score (nSPS) is 14.5. The molecule has 0 aromatic heterocycles. The lowest BCUT2D eigenvalue weighted by molar-refractivity contribution is -0.128. The van der Waals surface area contributed by atoms with E-state index in [1.54, 1.807) is 30.1 Å². The van der Waals surface area contributed by atoms with Gasteiger partial charge in [0, 0.05) is 19.0 Å². The third-order valence-corrected chi connectivity index (χ3v) is 7.09. The Hall–Kier alpha value is -2.86. The lowest BCUT2D eigenvalue weighted by Crippen LogP contribution is -2.39. The van der Waals surface area contributed by atoms with E-state index in [1.807, 2.05) is 44.2 Å². The summed E-state index contributed by atoms with van der Waals surface area (Å²) in [4.78, 5) is 14.7. The zero-order chi connectivity index (χ0) is 20.1. The number of nitrogens with zero attached hydrogens (tertiary/aromatic N) is 2. The average molecular weight is 394 g/mol. The summed E-state index contributed by atoms with van der Waals surface area (Å²) < 4.78 is 27.3. The molecule has 3 aromatic carbocycles. The van der Waals surface area contributed by atoms with Gasteiger partial charge in [0.25, 0.3) is 10.0 Å². The van der Waals surface area contributed by atoms with E-state index in [9.17, 15) is 13.2 Å². The highest BCUT2D eigenvalue weighted by Gasteiger charge is 2.37. The summed E-state index contributed by atoms with van der Waals surface area (Å²) in [5, 5.41) is 1.55.